The van der Waals surface area contributed by atoms with E-state index < -0.39 is 37.1 Å². The summed E-state index contributed by atoms with van der Waals surface area (Å²) in [4.78, 5) is 18.5. The number of primary amides is 1. The Morgan fingerprint density at radius 2 is 1.65 bits per heavy atom. The minimum absolute atomic E-state index is 0.00909. The van der Waals surface area contributed by atoms with Crippen LogP contribution in [0.3, 0.4) is 0 Å². The zero-order valence-corrected chi connectivity index (χ0v) is 16.8. The summed E-state index contributed by atoms with van der Waals surface area (Å²) in [6.07, 6.45) is 0.279. The molecule has 0 spiro atoms. The number of nitrogens with one attached hydrogen (secondary N) is 1. The highest BCUT2D eigenvalue weighted by Gasteiger charge is 2.59. The molecule has 31 heavy (non-hydrogen) atoms. The van der Waals surface area contributed by atoms with Gasteiger partial charge in [0.2, 0.25) is 0 Å². The van der Waals surface area contributed by atoms with Crippen molar-refractivity contribution in [3.8, 4) is 11.4 Å². The fourth-order valence-corrected chi connectivity index (χ4v) is 5.44. The molecule has 0 atom stereocenters. The SMILES string of the molecule is NC(=O)Nc1ccc(-c2nc(N)cc(C3(S(=O)(=O)c4c(F)cccc4F)CC3)n2)cc1. The number of amides is 2. The van der Waals surface area contributed by atoms with Crippen LogP contribution in [0.4, 0.5) is 25.1 Å². The number of benzene rings is 2. The van der Waals surface area contributed by atoms with Crippen molar-refractivity contribution in [1.82, 2.24) is 9.97 Å². The monoisotopic (exact) mass is 445 g/mol. The zero-order chi connectivity index (χ0) is 22.4. The van der Waals surface area contributed by atoms with Crippen LogP contribution in [0.2, 0.25) is 0 Å². The van der Waals surface area contributed by atoms with Crippen molar-refractivity contribution < 1.29 is 22.0 Å². The lowest BCUT2D eigenvalue weighted by molar-refractivity contribution is 0.259. The fraction of sp³-hybridized carbons (Fsp3) is 0.150. The standard InChI is InChI=1S/C20H17F2N5O3S/c21-13-2-1-3-14(22)17(13)31(29,30)20(8-9-20)15-10-16(23)27-18(26-15)11-4-6-12(7-5-11)25-19(24)28/h1-7,10H,8-9H2,(H2,23,26,27)(H3,24,25,28). The van der Waals surface area contributed by atoms with Crippen molar-refractivity contribution in [2.45, 2.75) is 22.5 Å². The third-order valence-electron chi connectivity index (χ3n) is 5.03. The number of urea groups is 1. The summed E-state index contributed by atoms with van der Waals surface area (Å²) in [5, 5.41) is 2.41. The molecule has 1 aliphatic carbocycles. The van der Waals surface area contributed by atoms with E-state index in [0.29, 0.717) is 11.3 Å². The Morgan fingerprint density at radius 1 is 1.03 bits per heavy atom. The van der Waals surface area contributed by atoms with Gasteiger partial charge in [0.15, 0.2) is 15.7 Å². The molecule has 1 aliphatic rings. The number of carbonyl (C=O) groups is 1. The van der Waals surface area contributed by atoms with E-state index in [1.54, 1.807) is 24.3 Å². The maximum atomic E-state index is 14.3. The normalized spacial score (nSPS) is 14.8. The fourth-order valence-electron chi connectivity index (χ4n) is 3.38. The molecule has 5 N–H and O–H groups in total. The molecule has 0 bridgehead atoms. The summed E-state index contributed by atoms with van der Waals surface area (Å²) in [5.41, 5.74) is 12.0. The van der Waals surface area contributed by atoms with Crippen molar-refractivity contribution in [2.75, 3.05) is 11.1 Å². The highest BCUT2D eigenvalue weighted by atomic mass is 32.2. The zero-order valence-electron chi connectivity index (χ0n) is 16.0. The maximum absolute atomic E-state index is 14.3. The second kappa shape index (κ2) is 7.27. The van der Waals surface area contributed by atoms with Gasteiger partial charge in [-0.1, -0.05) is 6.07 Å². The summed E-state index contributed by atoms with van der Waals surface area (Å²) < 4.78 is 53.4. The molecule has 2 amide bonds. The van der Waals surface area contributed by atoms with E-state index in [1.807, 2.05) is 0 Å². The minimum atomic E-state index is -4.43. The first-order valence-corrected chi connectivity index (χ1v) is 10.6. The van der Waals surface area contributed by atoms with Gasteiger partial charge in [-0.25, -0.2) is 32.0 Å². The Balaban J connectivity index is 1.77. The number of aromatic nitrogens is 2. The topological polar surface area (TPSA) is 141 Å². The Labute approximate surface area is 176 Å². The molecule has 3 aromatic rings. The van der Waals surface area contributed by atoms with E-state index in [-0.39, 0.29) is 30.2 Å². The number of anilines is 2. The number of hydrogen-bond donors (Lipinski definition) is 3. The van der Waals surface area contributed by atoms with E-state index in [0.717, 1.165) is 18.2 Å². The second-order valence-electron chi connectivity index (χ2n) is 7.12. The van der Waals surface area contributed by atoms with Gasteiger partial charge in [0.1, 0.15) is 27.1 Å². The summed E-state index contributed by atoms with van der Waals surface area (Å²) in [5.74, 6) is -2.18. The quantitative estimate of drug-likeness (QED) is 0.551. The van der Waals surface area contributed by atoms with E-state index in [1.165, 1.54) is 6.07 Å². The van der Waals surface area contributed by atoms with Crippen molar-refractivity contribution in [1.29, 1.82) is 0 Å². The second-order valence-corrected chi connectivity index (χ2v) is 9.31. The van der Waals surface area contributed by atoms with E-state index >= 15 is 0 Å². The van der Waals surface area contributed by atoms with Gasteiger partial charge in [-0.2, -0.15) is 0 Å². The number of halogens is 2. The smallest absolute Gasteiger partial charge is 0.316 e. The third kappa shape index (κ3) is 3.56. The van der Waals surface area contributed by atoms with Gasteiger partial charge in [0.25, 0.3) is 0 Å². The minimum Gasteiger partial charge on any atom is -0.384 e. The van der Waals surface area contributed by atoms with Gasteiger partial charge in [-0.05, 0) is 49.2 Å². The molecule has 1 fully saturated rings. The third-order valence-corrected chi connectivity index (χ3v) is 7.60. The van der Waals surface area contributed by atoms with Crippen LogP contribution in [-0.2, 0) is 14.6 Å². The lowest BCUT2D eigenvalue weighted by Gasteiger charge is -2.18. The van der Waals surface area contributed by atoms with Crippen LogP contribution in [0.5, 0.6) is 0 Å². The molecule has 1 saturated carbocycles. The van der Waals surface area contributed by atoms with E-state index in [9.17, 15) is 22.0 Å². The molecule has 1 aromatic heterocycles. The number of sulfone groups is 1. The van der Waals surface area contributed by atoms with Crippen LogP contribution < -0.4 is 16.8 Å². The van der Waals surface area contributed by atoms with Gasteiger partial charge in [-0.15, -0.1) is 0 Å². The highest BCUT2D eigenvalue weighted by Crippen LogP contribution is 2.55. The number of nitrogens with zero attached hydrogens (tertiary/aromatic N) is 2. The van der Waals surface area contributed by atoms with Crippen molar-refractivity contribution in [3.63, 3.8) is 0 Å². The Hall–Kier alpha value is -3.60. The molecule has 2 aromatic carbocycles. The Kier molecular flexibility index (Phi) is 4.85. The van der Waals surface area contributed by atoms with E-state index in [4.69, 9.17) is 11.5 Å². The molecule has 8 nitrogen and oxygen atoms in total. The van der Waals surface area contributed by atoms with E-state index in [2.05, 4.69) is 15.3 Å². The van der Waals surface area contributed by atoms with Gasteiger partial charge in [-0.3, -0.25) is 0 Å². The van der Waals surface area contributed by atoms with Crippen LogP contribution in [0, 0.1) is 11.6 Å². The summed E-state index contributed by atoms with van der Waals surface area (Å²) in [6.45, 7) is 0. The van der Waals surface area contributed by atoms with Crippen LogP contribution in [0.25, 0.3) is 11.4 Å². The van der Waals surface area contributed by atoms with Crippen LogP contribution in [0.15, 0.2) is 53.4 Å². The molecule has 0 saturated heterocycles. The number of hydrogen-bond acceptors (Lipinski definition) is 6. The molecule has 11 heteroatoms. The first-order valence-electron chi connectivity index (χ1n) is 9.15. The van der Waals surface area contributed by atoms with Crippen molar-refractivity contribution in [3.05, 3.63) is 65.9 Å². The number of carbonyl (C=O) groups excluding carboxylic acids is 1. The van der Waals surface area contributed by atoms with Gasteiger partial charge in [0, 0.05) is 17.3 Å². The molecular formula is C20H17F2N5O3S. The molecule has 160 valence electrons. The number of rotatable bonds is 5. The first kappa shape index (κ1) is 20.7. The Bertz CT molecular complexity index is 1270. The molecular weight excluding hydrogens is 428 g/mol. The first-order chi connectivity index (χ1) is 14.6. The summed E-state index contributed by atoms with van der Waals surface area (Å²) in [7, 11) is -4.43. The summed E-state index contributed by atoms with van der Waals surface area (Å²) >= 11 is 0. The largest absolute Gasteiger partial charge is 0.384 e. The van der Waals surface area contributed by atoms with Gasteiger partial charge >= 0.3 is 6.03 Å². The lowest BCUT2D eigenvalue weighted by Crippen LogP contribution is -2.25. The molecule has 4 rings (SSSR count). The van der Waals surface area contributed by atoms with Crippen LogP contribution >= 0.6 is 0 Å². The average Bonchev–Trinajstić information content (AvgIpc) is 3.50. The number of nitrogen functional groups attached to an aromatic ring is 1. The van der Waals surface area contributed by atoms with Crippen molar-refractivity contribution in [2.24, 2.45) is 5.73 Å². The lowest BCUT2D eigenvalue weighted by atomic mass is 10.1. The predicted octanol–water partition coefficient (Wildman–Crippen LogP) is 2.96. The molecule has 0 unspecified atom stereocenters. The molecule has 1 heterocycles. The van der Waals surface area contributed by atoms with Gasteiger partial charge < -0.3 is 16.8 Å². The number of nitrogens with two attached hydrogens (primary N) is 2. The summed E-state index contributed by atoms with van der Waals surface area (Å²) in [6, 6.07) is 9.77. The Morgan fingerprint density at radius 3 is 2.19 bits per heavy atom. The van der Waals surface area contributed by atoms with Crippen LogP contribution in [0.1, 0.15) is 18.5 Å². The average molecular weight is 445 g/mol. The predicted molar refractivity (Wildman–Crippen MR) is 110 cm³/mol. The highest BCUT2D eigenvalue weighted by molar-refractivity contribution is 7.92. The van der Waals surface area contributed by atoms with Crippen molar-refractivity contribution >= 4 is 27.4 Å². The van der Waals surface area contributed by atoms with Gasteiger partial charge in [0.05, 0.1) is 5.69 Å². The van der Waals surface area contributed by atoms with Crippen LogP contribution in [-0.4, -0.2) is 24.4 Å². The molecule has 0 aliphatic heterocycles. The molecule has 0 radical (unpaired) electrons. The maximum Gasteiger partial charge on any atom is 0.316 e.